The zero-order valence-electron chi connectivity index (χ0n) is 12.9. The molecule has 24 heavy (non-hydrogen) atoms. The van der Waals surface area contributed by atoms with Crippen LogP contribution in [0, 0.1) is 5.82 Å². The van der Waals surface area contributed by atoms with Gasteiger partial charge in [0.15, 0.2) is 5.84 Å². The van der Waals surface area contributed by atoms with Gasteiger partial charge in [-0.15, -0.1) is 4.40 Å². The minimum Gasteiger partial charge on any atom is -0.378 e. The highest BCUT2D eigenvalue weighted by atomic mass is 32.2. The second kappa shape index (κ2) is 7.11. The molecule has 126 valence electrons. The van der Waals surface area contributed by atoms with Crippen LogP contribution in [0.2, 0.25) is 0 Å². The highest BCUT2D eigenvalue weighted by Crippen LogP contribution is 2.18. The predicted octanol–water partition coefficient (Wildman–Crippen LogP) is 2.29. The van der Waals surface area contributed by atoms with Crippen LogP contribution in [-0.2, 0) is 14.8 Å². The maximum atomic E-state index is 14.2. The van der Waals surface area contributed by atoms with Gasteiger partial charge in [0.1, 0.15) is 5.82 Å². The number of morpholine rings is 1. The van der Waals surface area contributed by atoms with Gasteiger partial charge in [-0.3, -0.25) is 0 Å². The van der Waals surface area contributed by atoms with Crippen LogP contribution >= 0.6 is 0 Å². The fourth-order valence-electron chi connectivity index (χ4n) is 2.45. The first-order valence-corrected chi connectivity index (χ1v) is 8.99. The predicted molar refractivity (Wildman–Crippen MR) is 89.0 cm³/mol. The summed E-state index contributed by atoms with van der Waals surface area (Å²) < 4.78 is 48.7. The van der Waals surface area contributed by atoms with E-state index in [4.69, 9.17) is 4.74 Å². The van der Waals surface area contributed by atoms with E-state index in [2.05, 4.69) is 4.40 Å². The Kier molecular flexibility index (Phi) is 4.92. The van der Waals surface area contributed by atoms with Crippen LogP contribution in [0.4, 0.5) is 4.39 Å². The van der Waals surface area contributed by atoms with Crippen LogP contribution in [0.3, 0.4) is 0 Å². The van der Waals surface area contributed by atoms with Gasteiger partial charge in [0.25, 0.3) is 10.0 Å². The number of amidine groups is 1. The van der Waals surface area contributed by atoms with Gasteiger partial charge < -0.3 is 9.64 Å². The molecule has 0 N–H and O–H groups in total. The fourth-order valence-corrected chi connectivity index (χ4v) is 3.50. The van der Waals surface area contributed by atoms with Gasteiger partial charge in [0, 0.05) is 13.1 Å². The number of benzene rings is 2. The molecule has 1 heterocycles. The van der Waals surface area contributed by atoms with Crippen molar-refractivity contribution in [1.82, 2.24) is 4.90 Å². The van der Waals surface area contributed by atoms with Gasteiger partial charge in [-0.2, -0.15) is 8.42 Å². The van der Waals surface area contributed by atoms with E-state index in [0.717, 1.165) is 0 Å². The molecule has 1 aliphatic rings. The second-order valence-corrected chi connectivity index (χ2v) is 6.89. The largest absolute Gasteiger partial charge is 0.378 e. The molecule has 0 unspecified atom stereocenters. The van der Waals surface area contributed by atoms with Crippen molar-refractivity contribution in [2.75, 3.05) is 26.3 Å². The van der Waals surface area contributed by atoms with E-state index >= 15 is 0 Å². The van der Waals surface area contributed by atoms with Crippen molar-refractivity contribution in [3.63, 3.8) is 0 Å². The Morgan fingerprint density at radius 1 is 1.00 bits per heavy atom. The third-order valence-electron chi connectivity index (χ3n) is 3.67. The zero-order valence-corrected chi connectivity index (χ0v) is 13.7. The summed E-state index contributed by atoms with van der Waals surface area (Å²) in [4.78, 5) is 1.81. The smallest absolute Gasteiger partial charge is 0.284 e. The first-order valence-electron chi connectivity index (χ1n) is 7.55. The van der Waals surface area contributed by atoms with Crippen LogP contribution in [0.15, 0.2) is 63.9 Å². The molecular weight excluding hydrogens is 331 g/mol. The summed E-state index contributed by atoms with van der Waals surface area (Å²) in [5.74, 6) is -0.397. The second-order valence-electron chi connectivity index (χ2n) is 5.28. The minimum absolute atomic E-state index is 0.0760. The molecule has 0 aromatic heterocycles. The van der Waals surface area contributed by atoms with Gasteiger partial charge in [0.05, 0.1) is 23.7 Å². The third-order valence-corrected chi connectivity index (χ3v) is 4.95. The normalized spacial score (nSPS) is 16.2. The quantitative estimate of drug-likeness (QED) is 0.631. The van der Waals surface area contributed by atoms with Crippen molar-refractivity contribution in [3.8, 4) is 0 Å². The Bertz CT molecular complexity index is 832. The Morgan fingerprint density at radius 3 is 2.29 bits per heavy atom. The van der Waals surface area contributed by atoms with Crippen molar-refractivity contribution >= 4 is 15.9 Å². The molecular formula is C17H17FN2O3S. The number of hydrogen-bond acceptors (Lipinski definition) is 3. The summed E-state index contributed by atoms with van der Waals surface area (Å²) in [6.45, 7) is 1.80. The molecule has 0 amide bonds. The fraction of sp³-hybridized carbons (Fsp3) is 0.235. The zero-order chi connectivity index (χ0) is 17.0. The molecule has 0 radical (unpaired) electrons. The summed E-state index contributed by atoms with van der Waals surface area (Å²) in [5, 5.41) is 0. The average Bonchev–Trinajstić information content (AvgIpc) is 2.62. The summed E-state index contributed by atoms with van der Waals surface area (Å²) in [6.07, 6.45) is 0. The van der Waals surface area contributed by atoms with Crippen molar-refractivity contribution in [2.45, 2.75) is 4.90 Å². The number of hydrogen-bond donors (Lipinski definition) is 0. The van der Waals surface area contributed by atoms with Crippen molar-refractivity contribution in [2.24, 2.45) is 4.40 Å². The molecule has 7 heteroatoms. The van der Waals surface area contributed by atoms with Crippen molar-refractivity contribution in [1.29, 1.82) is 0 Å². The maximum Gasteiger partial charge on any atom is 0.284 e. The van der Waals surface area contributed by atoms with Gasteiger partial charge in [-0.05, 0) is 24.3 Å². The van der Waals surface area contributed by atoms with Gasteiger partial charge >= 0.3 is 0 Å². The van der Waals surface area contributed by atoms with Crippen molar-refractivity contribution < 1.29 is 17.5 Å². The monoisotopic (exact) mass is 348 g/mol. The molecule has 5 nitrogen and oxygen atoms in total. The topological polar surface area (TPSA) is 59.0 Å². The van der Waals surface area contributed by atoms with Crippen molar-refractivity contribution in [3.05, 3.63) is 66.0 Å². The Balaban J connectivity index is 2.09. The number of halogens is 1. The lowest BCUT2D eigenvalue weighted by Crippen LogP contribution is -2.42. The molecule has 0 bridgehead atoms. The molecule has 2 aromatic rings. The number of rotatable bonds is 3. The molecule has 0 saturated carbocycles. The van der Waals surface area contributed by atoms with E-state index in [0.29, 0.717) is 26.3 Å². The molecule has 0 aliphatic carbocycles. The van der Waals surface area contributed by atoms with E-state index in [9.17, 15) is 12.8 Å². The minimum atomic E-state index is -3.93. The SMILES string of the molecule is O=S(=O)(/N=C(\c1ccccc1F)N1CCOCC1)c1ccccc1. The lowest BCUT2D eigenvalue weighted by Gasteiger charge is -2.29. The Hall–Kier alpha value is -2.25. The summed E-state index contributed by atoms with van der Waals surface area (Å²) >= 11 is 0. The van der Waals surface area contributed by atoms with E-state index in [1.807, 2.05) is 0 Å². The van der Waals surface area contributed by atoms with Crippen LogP contribution in [0.25, 0.3) is 0 Å². The standard InChI is InChI=1S/C17H17FN2O3S/c18-16-9-5-4-8-15(16)17(20-10-12-23-13-11-20)19-24(21,22)14-6-2-1-3-7-14/h1-9H,10-13H2/b19-17+. The van der Waals surface area contributed by atoms with Crippen LogP contribution < -0.4 is 0 Å². The highest BCUT2D eigenvalue weighted by Gasteiger charge is 2.23. The van der Waals surface area contributed by atoms with E-state index < -0.39 is 15.8 Å². The first kappa shape index (κ1) is 16.6. The molecule has 2 aromatic carbocycles. The lowest BCUT2D eigenvalue weighted by molar-refractivity contribution is 0.0683. The molecule has 1 aliphatic heterocycles. The first-order chi connectivity index (χ1) is 11.6. The maximum absolute atomic E-state index is 14.2. The molecule has 3 rings (SSSR count). The van der Waals surface area contributed by atoms with Gasteiger partial charge in [0.2, 0.25) is 0 Å². The van der Waals surface area contributed by atoms with Crippen LogP contribution in [0.5, 0.6) is 0 Å². The van der Waals surface area contributed by atoms with E-state index in [-0.39, 0.29) is 16.3 Å². The van der Waals surface area contributed by atoms with E-state index in [1.165, 1.54) is 24.3 Å². The van der Waals surface area contributed by atoms with Gasteiger partial charge in [-0.25, -0.2) is 4.39 Å². The lowest BCUT2D eigenvalue weighted by atomic mass is 10.1. The third kappa shape index (κ3) is 3.63. The molecule has 1 fully saturated rings. The summed E-state index contributed by atoms with van der Waals surface area (Å²) in [6, 6.07) is 14.0. The molecule has 0 atom stereocenters. The summed E-state index contributed by atoms with van der Waals surface area (Å²) in [7, 11) is -3.93. The average molecular weight is 348 g/mol. The number of ether oxygens (including phenoxy) is 1. The van der Waals surface area contributed by atoms with Gasteiger partial charge in [-0.1, -0.05) is 30.3 Å². The summed E-state index contributed by atoms with van der Waals surface area (Å²) in [5.41, 5.74) is 0.166. The highest BCUT2D eigenvalue weighted by molar-refractivity contribution is 7.90. The van der Waals surface area contributed by atoms with Crippen LogP contribution in [0.1, 0.15) is 5.56 Å². The number of sulfonamides is 1. The van der Waals surface area contributed by atoms with Crippen LogP contribution in [-0.4, -0.2) is 45.5 Å². The molecule has 0 spiro atoms. The number of nitrogens with zero attached hydrogens (tertiary/aromatic N) is 2. The Morgan fingerprint density at radius 2 is 1.62 bits per heavy atom. The Labute approximate surface area is 140 Å². The van der Waals surface area contributed by atoms with E-state index in [1.54, 1.807) is 35.2 Å². The molecule has 1 saturated heterocycles.